The molecule has 0 spiro atoms. The molecule has 6 heteroatoms. The van der Waals surface area contributed by atoms with Gasteiger partial charge in [0.15, 0.2) is 11.6 Å². The monoisotopic (exact) mass is 338 g/mol. The topological polar surface area (TPSA) is 80.0 Å². The summed E-state index contributed by atoms with van der Waals surface area (Å²) in [6, 6.07) is 11.6. The molecule has 0 bridgehead atoms. The zero-order chi connectivity index (χ0) is 17.6. The molecule has 0 aliphatic heterocycles. The van der Waals surface area contributed by atoms with Crippen molar-refractivity contribution in [3.63, 3.8) is 0 Å². The van der Waals surface area contributed by atoms with E-state index in [0.29, 0.717) is 30.4 Å². The van der Waals surface area contributed by atoms with Gasteiger partial charge in [-0.25, -0.2) is 9.97 Å². The lowest BCUT2D eigenvalue weighted by molar-refractivity contribution is -0.121. The molecule has 1 amide bonds. The van der Waals surface area contributed by atoms with Crippen LogP contribution in [0.2, 0.25) is 0 Å². The lowest BCUT2D eigenvalue weighted by Crippen LogP contribution is -2.33. The predicted octanol–water partition coefficient (Wildman–Crippen LogP) is 3.61. The van der Waals surface area contributed by atoms with Gasteiger partial charge in [-0.15, -0.1) is 0 Å². The van der Waals surface area contributed by atoms with E-state index in [0.717, 1.165) is 17.3 Å². The number of carbonyl (C=O) groups excluding carboxylic acids is 1. The van der Waals surface area contributed by atoms with Crippen LogP contribution in [0.5, 0.6) is 0 Å². The van der Waals surface area contributed by atoms with Gasteiger partial charge in [0.2, 0.25) is 5.91 Å². The Kier molecular flexibility index (Phi) is 5.28. The average Bonchev–Trinajstić information content (AvgIpc) is 3.16. The predicted molar refractivity (Wildman–Crippen MR) is 98.2 cm³/mol. The number of amides is 1. The van der Waals surface area contributed by atoms with Crippen molar-refractivity contribution in [2.24, 2.45) is 0 Å². The summed E-state index contributed by atoms with van der Waals surface area (Å²) in [5.74, 6) is 1.87. The minimum atomic E-state index is 0.0338. The second kappa shape index (κ2) is 7.79. The van der Waals surface area contributed by atoms with E-state index in [2.05, 4.69) is 20.6 Å². The number of nitrogens with zero attached hydrogens (tertiary/aromatic N) is 2. The van der Waals surface area contributed by atoms with Crippen LogP contribution in [-0.2, 0) is 4.79 Å². The Balaban J connectivity index is 1.77. The highest BCUT2D eigenvalue weighted by atomic mass is 16.3. The highest BCUT2D eigenvalue weighted by molar-refractivity contribution is 5.90. The molecule has 0 fully saturated rings. The average molecular weight is 338 g/mol. The molecule has 6 nitrogen and oxygen atoms in total. The van der Waals surface area contributed by atoms with Crippen LogP contribution in [0.3, 0.4) is 0 Å². The number of hydrogen-bond acceptors (Lipinski definition) is 5. The van der Waals surface area contributed by atoms with Crippen LogP contribution in [0.25, 0.3) is 22.5 Å². The number of rotatable bonds is 7. The Morgan fingerprint density at radius 3 is 2.80 bits per heavy atom. The van der Waals surface area contributed by atoms with Gasteiger partial charge >= 0.3 is 0 Å². The van der Waals surface area contributed by atoms with Gasteiger partial charge in [-0.1, -0.05) is 19.1 Å². The maximum atomic E-state index is 11.9. The van der Waals surface area contributed by atoms with Crippen LogP contribution in [0.15, 0.2) is 47.1 Å². The van der Waals surface area contributed by atoms with E-state index >= 15 is 0 Å². The third-order valence-electron chi connectivity index (χ3n) is 4.01. The van der Waals surface area contributed by atoms with Crippen molar-refractivity contribution < 1.29 is 9.21 Å². The SMILES string of the molecule is CC[C@@H](C)NC(=O)CCNc1nc(-c2ccco2)nc2ccccc12. The van der Waals surface area contributed by atoms with Gasteiger partial charge in [0.05, 0.1) is 11.8 Å². The molecule has 0 aliphatic rings. The first-order valence-electron chi connectivity index (χ1n) is 8.51. The number of hydrogen-bond donors (Lipinski definition) is 2. The molecule has 130 valence electrons. The van der Waals surface area contributed by atoms with Crippen molar-refractivity contribution in [2.75, 3.05) is 11.9 Å². The van der Waals surface area contributed by atoms with Gasteiger partial charge in [0.25, 0.3) is 0 Å². The third kappa shape index (κ3) is 4.15. The lowest BCUT2D eigenvalue weighted by Gasteiger charge is -2.13. The molecule has 1 atom stereocenters. The van der Waals surface area contributed by atoms with Crippen molar-refractivity contribution in [3.8, 4) is 11.6 Å². The van der Waals surface area contributed by atoms with Gasteiger partial charge in [-0.05, 0) is 37.6 Å². The molecule has 2 heterocycles. The van der Waals surface area contributed by atoms with Crippen molar-refractivity contribution in [3.05, 3.63) is 42.7 Å². The second-order valence-corrected chi connectivity index (χ2v) is 5.94. The molecule has 0 radical (unpaired) electrons. The van der Waals surface area contributed by atoms with Gasteiger partial charge in [0.1, 0.15) is 5.82 Å². The smallest absolute Gasteiger partial charge is 0.221 e. The van der Waals surface area contributed by atoms with Crippen molar-refractivity contribution in [1.82, 2.24) is 15.3 Å². The summed E-state index contributed by atoms with van der Waals surface area (Å²) in [6.45, 7) is 4.55. The van der Waals surface area contributed by atoms with Gasteiger partial charge in [-0.2, -0.15) is 0 Å². The minimum absolute atomic E-state index is 0.0338. The summed E-state index contributed by atoms with van der Waals surface area (Å²) < 4.78 is 5.41. The highest BCUT2D eigenvalue weighted by Gasteiger charge is 2.11. The van der Waals surface area contributed by atoms with Crippen LogP contribution in [0, 0.1) is 0 Å². The zero-order valence-electron chi connectivity index (χ0n) is 14.5. The molecular weight excluding hydrogens is 316 g/mol. The summed E-state index contributed by atoms with van der Waals surface area (Å²) in [7, 11) is 0. The van der Waals surface area contributed by atoms with Gasteiger partial charge in [0, 0.05) is 24.4 Å². The molecule has 1 aromatic carbocycles. The number of fused-ring (bicyclic) bond motifs is 1. The fourth-order valence-electron chi connectivity index (χ4n) is 2.47. The van der Waals surface area contributed by atoms with Crippen molar-refractivity contribution >= 4 is 22.6 Å². The van der Waals surface area contributed by atoms with E-state index < -0.39 is 0 Å². The number of benzene rings is 1. The van der Waals surface area contributed by atoms with Crippen LogP contribution in [0.1, 0.15) is 26.7 Å². The number of nitrogens with one attached hydrogen (secondary N) is 2. The largest absolute Gasteiger partial charge is 0.461 e. The number of para-hydroxylation sites is 1. The standard InChI is InChI=1S/C19H22N4O2/c1-3-13(2)21-17(24)10-11-20-18-14-7-4-5-8-15(14)22-19(23-18)16-9-6-12-25-16/h4-9,12-13H,3,10-11H2,1-2H3,(H,21,24)(H,20,22,23)/t13-/m1/s1. The van der Waals surface area contributed by atoms with Crippen molar-refractivity contribution in [2.45, 2.75) is 32.7 Å². The van der Waals surface area contributed by atoms with Crippen LogP contribution in [-0.4, -0.2) is 28.5 Å². The first-order valence-corrected chi connectivity index (χ1v) is 8.51. The lowest BCUT2D eigenvalue weighted by atomic mass is 10.2. The molecular formula is C19H22N4O2. The fourth-order valence-corrected chi connectivity index (χ4v) is 2.47. The highest BCUT2D eigenvalue weighted by Crippen LogP contribution is 2.24. The summed E-state index contributed by atoms with van der Waals surface area (Å²) in [5.41, 5.74) is 0.829. The maximum absolute atomic E-state index is 11.9. The fraction of sp³-hybridized carbons (Fsp3) is 0.316. The van der Waals surface area contributed by atoms with E-state index in [1.807, 2.05) is 44.2 Å². The van der Waals surface area contributed by atoms with Crippen LogP contribution in [0.4, 0.5) is 5.82 Å². The van der Waals surface area contributed by atoms with E-state index in [4.69, 9.17) is 4.42 Å². The molecule has 0 saturated carbocycles. The summed E-state index contributed by atoms with van der Waals surface area (Å²) >= 11 is 0. The summed E-state index contributed by atoms with van der Waals surface area (Å²) in [5, 5.41) is 7.14. The maximum Gasteiger partial charge on any atom is 0.221 e. The molecule has 3 aromatic rings. The molecule has 0 unspecified atom stereocenters. The summed E-state index contributed by atoms with van der Waals surface area (Å²) in [4.78, 5) is 21.0. The third-order valence-corrected chi connectivity index (χ3v) is 4.01. The van der Waals surface area contributed by atoms with Gasteiger partial charge < -0.3 is 15.1 Å². The number of carbonyl (C=O) groups is 1. The Morgan fingerprint density at radius 1 is 1.20 bits per heavy atom. The van der Waals surface area contributed by atoms with Crippen molar-refractivity contribution in [1.29, 1.82) is 0 Å². The Morgan fingerprint density at radius 2 is 2.04 bits per heavy atom. The minimum Gasteiger partial charge on any atom is -0.461 e. The van der Waals surface area contributed by atoms with Crippen LogP contribution < -0.4 is 10.6 Å². The number of furan rings is 1. The van der Waals surface area contributed by atoms with E-state index in [9.17, 15) is 4.79 Å². The van der Waals surface area contributed by atoms with Gasteiger partial charge in [-0.3, -0.25) is 4.79 Å². The first-order chi connectivity index (χ1) is 12.2. The number of anilines is 1. The van der Waals surface area contributed by atoms with Crippen LogP contribution >= 0.6 is 0 Å². The van der Waals surface area contributed by atoms with E-state index in [1.165, 1.54) is 0 Å². The van der Waals surface area contributed by atoms with E-state index in [-0.39, 0.29) is 11.9 Å². The molecule has 0 aliphatic carbocycles. The molecule has 25 heavy (non-hydrogen) atoms. The Labute approximate surface area is 146 Å². The Hall–Kier alpha value is -2.89. The first kappa shape index (κ1) is 17.0. The molecule has 2 aromatic heterocycles. The zero-order valence-corrected chi connectivity index (χ0v) is 14.5. The molecule has 3 rings (SSSR count). The molecule has 0 saturated heterocycles. The van der Waals surface area contributed by atoms with E-state index in [1.54, 1.807) is 12.3 Å². The Bertz CT molecular complexity index is 846. The quantitative estimate of drug-likeness (QED) is 0.688. The molecule has 2 N–H and O–H groups in total. The number of aromatic nitrogens is 2. The normalized spacial score (nSPS) is 12.1. The second-order valence-electron chi connectivity index (χ2n) is 5.94. The summed E-state index contributed by atoms with van der Waals surface area (Å²) in [6.07, 6.45) is 2.90.